The average Bonchev–Trinajstić information content (AvgIpc) is 3.37. The number of amides is 2. The van der Waals surface area contributed by atoms with Gasteiger partial charge in [0.25, 0.3) is 5.91 Å². The summed E-state index contributed by atoms with van der Waals surface area (Å²) >= 11 is 1.35. The first-order valence-corrected chi connectivity index (χ1v) is 13.7. The van der Waals surface area contributed by atoms with E-state index in [0.29, 0.717) is 41.3 Å². The minimum atomic E-state index is -1.14. The summed E-state index contributed by atoms with van der Waals surface area (Å²) in [5, 5.41) is 11.7. The molecule has 0 bridgehead atoms. The minimum Gasteiger partial charge on any atom is -0.487 e. The van der Waals surface area contributed by atoms with Crippen LogP contribution in [-0.2, 0) is 29.1 Å². The molecular formula is C29H31N3O8S. The van der Waals surface area contributed by atoms with Crippen molar-refractivity contribution in [3.63, 3.8) is 0 Å². The van der Waals surface area contributed by atoms with Gasteiger partial charge in [-0.1, -0.05) is 0 Å². The monoisotopic (exact) mass is 581 g/mol. The van der Waals surface area contributed by atoms with E-state index in [1.165, 1.54) is 29.7 Å². The molecular weight excluding hydrogens is 550 g/mol. The van der Waals surface area contributed by atoms with Gasteiger partial charge in [0.15, 0.2) is 12.4 Å². The SMILES string of the molecule is CC(C)(C)OC(=O)N1CCc2sc(C(=O)NCC(=O)c3ccc(OCC(=O)O)c(COc4cccnc4)c3)cc2C1. The lowest BCUT2D eigenvalue weighted by molar-refractivity contribution is -0.139. The van der Waals surface area contributed by atoms with Crippen LogP contribution in [0.3, 0.4) is 0 Å². The van der Waals surface area contributed by atoms with Crippen LogP contribution in [0, 0.1) is 0 Å². The molecule has 4 rings (SSSR count). The summed E-state index contributed by atoms with van der Waals surface area (Å²) < 4.78 is 16.5. The number of carboxylic acids is 1. The molecule has 216 valence electrons. The van der Waals surface area contributed by atoms with E-state index in [2.05, 4.69) is 10.3 Å². The number of ether oxygens (including phenoxy) is 3. The van der Waals surface area contributed by atoms with Crippen LogP contribution >= 0.6 is 11.3 Å². The summed E-state index contributed by atoms with van der Waals surface area (Å²) in [6.45, 7) is 5.50. The Labute approximate surface area is 241 Å². The number of hydrogen-bond acceptors (Lipinski definition) is 9. The maximum atomic E-state index is 13.0. The van der Waals surface area contributed by atoms with Crippen molar-refractivity contribution >= 4 is 35.1 Å². The van der Waals surface area contributed by atoms with Crippen molar-refractivity contribution in [2.45, 2.75) is 45.9 Å². The molecule has 12 heteroatoms. The summed E-state index contributed by atoms with van der Waals surface area (Å²) in [5.41, 5.74) is 1.06. The van der Waals surface area contributed by atoms with Crippen molar-refractivity contribution in [3.05, 3.63) is 75.2 Å². The molecule has 41 heavy (non-hydrogen) atoms. The number of carbonyl (C=O) groups is 4. The summed E-state index contributed by atoms with van der Waals surface area (Å²) in [7, 11) is 0. The maximum absolute atomic E-state index is 13.0. The van der Waals surface area contributed by atoms with Crippen LogP contribution in [0.25, 0.3) is 0 Å². The van der Waals surface area contributed by atoms with Gasteiger partial charge in [-0.05, 0) is 69.2 Å². The van der Waals surface area contributed by atoms with Crippen molar-refractivity contribution in [1.82, 2.24) is 15.2 Å². The summed E-state index contributed by atoms with van der Waals surface area (Å²) in [4.78, 5) is 56.3. The molecule has 0 saturated heterocycles. The van der Waals surface area contributed by atoms with Crippen LogP contribution in [0.2, 0.25) is 0 Å². The molecule has 2 N–H and O–H groups in total. The number of nitrogens with one attached hydrogen (secondary N) is 1. The predicted molar refractivity (Wildman–Crippen MR) is 149 cm³/mol. The normalized spacial score (nSPS) is 12.7. The summed E-state index contributed by atoms with van der Waals surface area (Å²) in [5.74, 6) is -1.11. The van der Waals surface area contributed by atoms with E-state index >= 15 is 0 Å². The molecule has 0 unspecified atom stereocenters. The molecule has 1 aromatic carbocycles. The fourth-order valence-corrected chi connectivity index (χ4v) is 5.10. The van der Waals surface area contributed by atoms with Crippen molar-refractivity contribution in [2.24, 2.45) is 0 Å². The van der Waals surface area contributed by atoms with Crippen LogP contribution in [-0.4, -0.2) is 64.0 Å². The lowest BCUT2D eigenvalue weighted by Crippen LogP contribution is -2.39. The van der Waals surface area contributed by atoms with Crippen molar-refractivity contribution in [2.75, 3.05) is 19.7 Å². The lowest BCUT2D eigenvalue weighted by Gasteiger charge is -2.29. The van der Waals surface area contributed by atoms with Crippen LogP contribution in [0.1, 0.15) is 56.8 Å². The van der Waals surface area contributed by atoms with E-state index in [1.807, 2.05) is 20.8 Å². The first kappa shape index (κ1) is 29.5. The molecule has 11 nitrogen and oxygen atoms in total. The number of carbonyl (C=O) groups excluding carboxylic acids is 3. The first-order chi connectivity index (χ1) is 19.5. The van der Waals surface area contributed by atoms with Gasteiger partial charge in [0, 0.05) is 28.7 Å². The molecule has 0 fully saturated rings. The van der Waals surface area contributed by atoms with Gasteiger partial charge in [-0.15, -0.1) is 11.3 Å². The Bertz CT molecular complexity index is 1430. The minimum absolute atomic E-state index is 0.00911. The van der Waals surface area contributed by atoms with E-state index in [4.69, 9.17) is 19.3 Å². The molecule has 0 radical (unpaired) electrons. The highest BCUT2D eigenvalue weighted by Gasteiger charge is 2.28. The van der Waals surface area contributed by atoms with E-state index < -0.39 is 24.3 Å². The van der Waals surface area contributed by atoms with E-state index in [1.54, 1.807) is 35.4 Å². The number of nitrogens with zero attached hydrogens (tertiary/aromatic N) is 2. The quantitative estimate of drug-likeness (QED) is 0.338. The second-order valence-corrected chi connectivity index (χ2v) is 11.4. The van der Waals surface area contributed by atoms with Crippen LogP contribution in [0.15, 0.2) is 48.8 Å². The number of ketones is 1. The maximum Gasteiger partial charge on any atom is 0.410 e. The molecule has 0 saturated carbocycles. The molecule has 0 aliphatic carbocycles. The number of carboxylic acid groups (broad SMARTS) is 1. The number of rotatable bonds is 10. The summed E-state index contributed by atoms with van der Waals surface area (Å²) in [6, 6.07) is 9.74. The van der Waals surface area contributed by atoms with Crippen LogP contribution in [0.4, 0.5) is 4.79 Å². The number of aromatic nitrogens is 1. The highest BCUT2D eigenvalue weighted by Crippen LogP contribution is 2.29. The Balaban J connectivity index is 1.38. The van der Waals surface area contributed by atoms with E-state index in [0.717, 1.165) is 10.4 Å². The predicted octanol–water partition coefficient (Wildman–Crippen LogP) is 4.09. The van der Waals surface area contributed by atoms with Gasteiger partial charge < -0.3 is 29.5 Å². The van der Waals surface area contributed by atoms with Gasteiger partial charge >= 0.3 is 12.1 Å². The number of benzene rings is 1. The van der Waals surface area contributed by atoms with Crippen molar-refractivity contribution in [1.29, 1.82) is 0 Å². The fourth-order valence-electron chi connectivity index (χ4n) is 4.02. The number of Topliss-reactive ketones (excluding diaryl/α,β-unsaturated/α-hetero) is 1. The molecule has 3 aromatic rings. The third kappa shape index (κ3) is 8.27. The fraction of sp³-hybridized carbons (Fsp3) is 0.345. The highest BCUT2D eigenvalue weighted by atomic mass is 32.1. The zero-order valence-electron chi connectivity index (χ0n) is 23.0. The standard InChI is InChI=1S/C29H31N3O8S/c1-29(2,3)40-28(37)32-10-8-24-19(15-32)12-25(41-24)27(36)31-14-22(33)18-6-7-23(39-17-26(34)35)20(11-18)16-38-21-5-4-9-30-13-21/h4-7,9,11-13H,8,10,14-17H2,1-3H3,(H,31,36)(H,34,35). The molecule has 2 amide bonds. The van der Waals surface area contributed by atoms with E-state index in [9.17, 15) is 19.2 Å². The van der Waals surface area contributed by atoms with Gasteiger partial charge in [0.05, 0.1) is 24.2 Å². The topological polar surface area (TPSA) is 144 Å². The van der Waals surface area contributed by atoms with E-state index in [-0.39, 0.29) is 30.6 Å². The van der Waals surface area contributed by atoms with Gasteiger partial charge in [-0.25, -0.2) is 9.59 Å². The second kappa shape index (κ2) is 12.8. The third-order valence-corrected chi connectivity index (χ3v) is 7.15. The second-order valence-electron chi connectivity index (χ2n) is 10.3. The number of aliphatic carboxylic acids is 1. The van der Waals surface area contributed by atoms with Gasteiger partial charge in [0.1, 0.15) is 23.7 Å². The number of fused-ring (bicyclic) bond motifs is 1. The average molecular weight is 582 g/mol. The number of hydrogen-bond donors (Lipinski definition) is 2. The molecule has 1 aliphatic heterocycles. The zero-order chi connectivity index (χ0) is 29.6. The van der Waals surface area contributed by atoms with Crippen LogP contribution in [0.5, 0.6) is 11.5 Å². The van der Waals surface area contributed by atoms with Gasteiger partial charge in [-0.2, -0.15) is 0 Å². The summed E-state index contributed by atoms with van der Waals surface area (Å²) in [6.07, 6.45) is 3.35. The van der Waals surface area contributed by atoms with Crippen LogP contribution < -0.4 is 14.8 Å². The Hall–Kier alpha value is -4.45. The Morgan fingerprint density at radius 3 is 2.63 bits per heavy atom. The molecule has 0 atom stereocenters. The molecule has 1 aliphatic rings. The zero-order valence-corrected chi connectivity index (χ0v) is 23.8. The highest BCUT2D eigenvalue weighted by molar-refractivity contribution is 7.14. The largest absolute Gasteiger partial charge is 0.487 e. The first-order valence-electron chi connectivity index (χ1n) is 12.9. The molecule has 0 spiro atoms. The van der Waals surface area contributed by atoms with Gasteiger partial charge in [-0.3, -0.25) is 14.6 Å². The lowest BCUT2D eigenvalue weighted by atomic mass is 10.1. The molecule has 2 aromatic heterocycles. The van der Waals surface area contributed by atoms with Crippen molar-refractivity contribution < 1.29 is 38.5 Å². The smallest absolute Gasteiger partial charge is 0.410 e. The van der Waals surface area contributed by atoms with Crippen molar-refractivity contribution in [3.8, 4) is 11.5 Å². The Morgan fingerprint density at radius 2 is 1.93 bits per heavy atom. The molecule has 3 heterocycles. The number of pyridine rings is 1. The van der Waals surface area contributed by atoms with Gasteiger partial charge in [0.2, 0.25) is 0 Å². The Morgan fingerprint density at radius 1 is 1.12 bits per heavy atom. The Kier molecular flexibility index (Phi) is 9.23. The number of thiophene rings is 1. The third-order valence-electron chi connectivity index (χ3n) is 5.91.